The second kappa shape index (κ2) is 4.75. The summed E-state index contributed by atoms with van der Waals surface area (Å²) in [5, 5.41) is 3.12. The molecule has 4 nitrogen and oxygen atoms in total. The molecule has 1 heterocycles. The molecule has 1 aliphatic rings. The fraction of sp³-hybridized carbons (Fsp3) is 0.900. The third kappa shape index (κ3) is 4.07. The van der Waals surface area contributed by atoms with Gasteiger partial charge in [-0.2, -0.15) is 0 Å². The maximum Gasteiger partial charge on any atom is 0.323 e. The van der Waals surface area contributed by atoms with E-state index in [-0.39, 0.29) is 12.0 Å². The van der Waals surface area contributed by atoms with Gasteiger partial charge in [0.05, 0.1) is 21.1 Å². The van der Waals surface area contributed by atoms with Crippen LogP contribution in [0.5, 0.6) is 0 Å². The number of ether oxygens (including phenoxy) is 1. The SMILES string of the molecule is C[N+](C)(C)CCOC(=O)[C@@H]1CCCN1. The van der Waals surface area contributed by atoms with Crippen molar-refractivity contribution in [3.8, 4) is 0 Å². The van der Waals surface area contributed by atoms with Crippen LogP contribution in [0.4, 0.5) is 0 Å². The van der Waals surface area contributed by atoms with Gasteiger partial charge >= 0.3 is 5.97 Å². The standard InChI is InChI=1S/C10H21N2O2/c1-12(2,3)7-8-14-10(13)9-5-4-6-11-9/h9,11H,4-8H2,1-3H3/q+1/t9-/m0/s1. The second-order valence-electron chi connectivity index (χ2n) is 4.83. The Morgan fingerprint density at radius 1 is 1.50 bits per heavy atom. The van der Waals surface area contributed by atoms with Gasteiger partial charge < -0.3 is 14.5 Å². The summed E-state index contributed by atoms with van der Waals surface area (Å²) in [5.74, 6) is -0.0871. The molecular formula is C10H21N2O2+. The quantitative estimate of drug-likeness (QED) is 0.513. The number of nitrogens with one attached hydrogen (secondary N) is 1. The monoisotopic (exact) mass is 201 g/mol. The van der Waals surface area contributed by atoms with Crippen LogP contribution in [-0.4, -0.2) is 57.3 Å². The van der Waals surface area contributed by atoms with Gasteiger partial charge in [0.25, 0.3) is 0 Å². The molecule has 0 radical (unpaired) electrons. The van der Waals surface area contributed by atoms with Crippen LogP contribution in [0.15, 0.2) is 0 Å². The van der Waals surface area contributed by atoms with Gasteiger partial charge in [-0.3, -0.25) is 4.79 Å². The molecule has 4 heteroatoms. The number of esters is 1. The van der Waals surface area contributed by atoms with Crippen LogP contribution in [-0.2, 0) is 9.53 Å². The number of hydrogen-bond donors (Lipinski definition) is 1. The fourth-order valence-electron chi connectivity index (χ4n) is 1.41. The van der Waals surface area contributed by atoms with Gasteiger partial charge in [0.15, 0.2) is 0 Å². The van der Waals surface area contributed by atoms with Gasteiger partial charge in [-0.05, 0) is 19.4 Å². The highest BCUT2D eigenvalue weighted by Gasteiger charge is 2.23. The van der Waals surface area contributed by atoms with E-state index in [9.17, 15) is 4.79 Å². The van der Waals surface area contributed by atoms with E-state index in [1.807, 2.05) is 0 Å². The smallest absolute Gasteiger partial charge is 0.323 e. The van der Waals surface area contributed by atoms with Crippen LogP contribution < -0.4 is 5.32 Å². The number of nitrogens with zero attached hydrogens (tertiary/aromatic N) is 1. The molecule has 1 saturated heterocycles. The first kappa shape index (κ1) is 11.5. The molecule has 82 valence electrons. The Kier molecular flexibility index (Phi) is 3.89. The van der Waals surface area contributed by atoms with Gasteiger partial charge in [0.1, 0.15) is 19.2 Å². The van der Waals surface area contributed by atoms with Gasteiger partial charge in [0.2, 0.25) is 0 Å². The lowest BCUT2D eigenvalue weighted by molar-refractivity contribution is -0.870. The zero-order valence-corrected chi connectivity index (χ0v) is 9.38. The van der Waals surface area contributed by atoms with Crippen molar-refractivity contribution in [3.63, 3.8) is 0 Å². The molecule has 1 rings (SSSR count). The first-order valence-corrected chi connectivity index (χ1v) is 5.19. The van der Waals surface area contributed by atoms with E-state index in [2.05, 4.69) is 26.5 Å². The summed E-state index contributed by atoms with van der Waals surface area (Å²) in [6, 6.07) is -0.0533. The Morgan fingerprint density at radius 3 is 2.71 bits per heavy atom. The van der Waals surface area contributed by atoms with Crippen LogP contribution in [0.2, 0.25) is 0 Å². The highest BCUT2D eigenvalue weighted by molar-refractivity contribution is 5.76. The molecule has 1 fully saturated rings. The average Bonchev–Trinajstić information content (AvgIpc) is 2.53. The van der Waals surface area contributed by atoms with Crippen molar-refractivity contribution >= 4 is 5.97 Å². The molecule has 0 aliphatic carbocycles. The van der Waals surface area contributed by atoms with Crippen molar-refractivity contribution in [2.45, 2.75) is 18.9 Å². The molecule has 0 spiro atoms. The minimum Gasteiger partial charge on any atom is -0.459 e. The number of likely N-dealkylation sites (N-methyl/N-ethyl adjacent to an activating group) is 1. The highest BCUT2D eigenvalue weighted by Crippen LogP contribution is 2.06. The Bertz CT molecular complexity index is 193. The number of carbonyl (C=O) groups is 1. The van der Waals surface area contributed by atoms with Crippen molar-refractivity contribution < 1.29 is 14.0 Å². The van der Waals surface area contributed by atoms with Crippen molar-refractivity contribution in [1.82, 2.24) is 5.32 Å². The molecule has 0 aromatic rings. The molecule has 0 saturated carbocycles. The van der Waals surface area contributed by atoms with Crippen molar-refractivity contribution in [2.75, 3.05) is 40.8 Å². The predicted molar refractivity (Wildman–Crippen MR) is 54.9 cm³/mol. The molecule has 0 unspecified atom stereocenters. The number of rotatable bonds is 4. The Morgan fingerprint density at radius 2 is 2.21 bits per heavy atom. The summed E-state index contributed by atoms with van der Waals surface area (Å²) >= 11 is 0. The zero-order valence-electron chi connectivity index (χ0n) is 9.38. The minimum absolute atomic E-state index is 0.0533. The normalized spacial score (nSPS) is 22.4. The summed E-state index contributed by atoms with van der Waals surface area (Å²) in [7, 11) is 6.25. The number of carbonyl (C=O) groups excluding carboxylic acids is 1. The van der Waals surface area contributed by atoms with Crippen molar-refractivity contribution in [1.29, 1.82) is 0 Å². The molecular weight excluding hydrogens is 180 g/mol. The third-order valence-corrected chi connectivity index (χ3v) is 2.35. The molecule has 14 heavy (non-hydrogen) atoms. The van der Waals surface area contributed by atoms with E-state index in [1.54, 1.807) is 0 Å². The van der Waals surface area contributed by atoms with Crippen LogP contribution in [0.25, 0.3) is 0 Å². The summed E-state index contributed by atoms with van der Waals surface area (Å²) in [6.45, 7) is 2.31. The molecule has 1 aliphatic heterocycles. The van der Waals surface area contributed by atoms with Crippen LogP contribution in [0, 0.1) is 0 Å². The lowest BCUT2D eigenvalue weighted by Crippen LogP contribution is -2.39. The number of hydrogen-bond acceptors (Lipinski definition) is 3. The van der Waals surface area contributed by atoms with E-state index < -0.39 is 0 Å². The van der Waals surface area contributed by atoms with Gasteiger partial charge in [0, 0.05) is 0 Å². The maximum atomic E-state index is 11.4. The maximum absolute atomic E-state index is 11.4. The largest absolute Gasteiger partial charge is 0.459 e. The van der Waals surface area contributed by atoms with Crippen LogP contribution >= 0.6 is 0 Å². The summed E-state index contributed by atoms with van der Waals surface area (Å²) in [5.41, 5.74) is 0. The number of quaternary nitrogens is 1. The Balaban J connectivity index is 2.15. The predicted octanol–water partition coefficient (Wildman–Crippen LogP) is -0.0122. The fourth-order valence-corrected chi connectivity index (χ4v) is 1.41. The first-order valence-electron chi connectivity index (χ1n) is 5.19. The zero-order chi connectivity index (χ0) is 10.6. The molecule has 0 amide bonds. The molecule has 1 N–H and O–H groups in total. The molecule has 0 bridgehead atoms. The van der Waals surface area contributed by atoms with Gasteiger partial charge in [-0.15, -0.1) is 0 Å². The topological polar surface area (TPSA) is 38.3 Å². The molecule has 1 atom stereocenters. The highest BCUT2D eigenvalue weighted by atomic mass is 16.5. The lowest BCUT2D eigenvalue weighted by Gasteiger charge is -2.23. The first-order chi connectivity index (χ1) is 6.49. The van der Waals surface area contributed by atoms with Crippen molar-refractivity contribution in [2.24, 2.45) is 0 Å². The third-order valence-electron chi connectivity index (χ3n) is 2.35. The van der Waals surface area contributed by atoms with Crippen molar-refractivity contribution in [3.05, 3.63) is 0 Å². The molecule has 0 aromatic carbocycles. The van der Waals surface area contributed by atoms with E-state index in [0.29, 0.717) is 6.61 Å². The summed E-state index contributed by atoms with van der Waals surface area (Å²) < 4.78 is 6.01. The Labute approximate surface area is 85.8 Å². The second-order valence-corrected chi connectivity index (χ2v) is 4.83. The Hall–Kier alpha value is -0.610. The average molecular weight is 201 g/mol. The van der Waals surface area contributed by atoms with Crippen LogP contribution in [0.3, 0.4) is 0 Å². The summed E-state index contributed by atoms with van der Waals surface area (Å²) in [6.07, 6.45) is 2.00. The van der Waals surface area contributed by atoms with E-state index in [1.165, 1.54) is 0 Å². The molecule has 0 aromatic heterocycles. The van der Waals surface area contributed by atoms with E-state index >= 15 is 0 Å². The minimum atomic E-state index is -0.0871. The lowest BCUT2D eigenvalue weighted by atomic mass is 10.2. The van der Waals surface area contributed by atoms with E-state index in [0.717, 1.165) is 30.4 Å². The van der Waals surface area contributed by atoms with Gasteiger partial charge in [-0.1, -0.05) is 0 Å². The summed E-state index contributed by atoms with van der Waals surface area (Å²) in [4.78, 5) is 11.4. The van der Waals surface area contributed by atoms with Crippen LogP contribution in [0.1, 0.15) is 12.8 Å². The van der Waals surface area contributed by atoms with E-state index in [4.69, 9.17) is 4.74 Å². The van der Waals surface area contributed by atoms with Gasteiger partial charge in [-0.25, -0.2) is 0 Å².